The molecule has 1 N–H and O–H groups in total. The van der Waals surface area contributed by atoms with Crippen LogP contribution in [0.25, 0.3) is 11.4 Å². The second-order valence-corrected chi connectivity index (χ2v) is 6.52. The topological polar surface area (TPSA) is 64.4 Å². The first-order valence-electron chi connectivity index (χ1n) is 7.74. The number of methoxy groups -OCH3 is 2. The molecule has 0 radical (unpaired) electrons. The number of aromatic amines is 1. The molecule has 2 aromatic carbocycles. The van der Waals surface area contributed by atoms with Crippen LogP contribution >= 0.6 is 24.0 Å². The quantitative estimate of drug-likeness (QED) is 0.390. The van der Waals surface area contributed by atoms with Gasteiger partial charge in [0.25, 0.3) is 0 Å². The van der Waals surface area contributed by atoms with Gasteiger partial charge in [0.1, 0.15) is 0 Å². The van der Waals surface area contributed by atoms with Crippen LogP contribution in [0.15, 0.2) is 52.5 Å². The number of benzene rings is 2. The monoisotopic (exact) mass is 386 g/mol. The lowest BCUT2D eigenvalue weighted by molar-refractivity contribution is 0.355. The van der Waals surface area contributed by atoms with Crippen LogP contribution in [0.5, 0.6) is 11.5 Å². The summed E-state index contributed by atoms with van der Waals surface area (Å²) in [6.07, 6.45) is 3.79. The van der Waals surface area contributed by atoms with Gasteiger partial charge in [0.2, 0.25) is 4.77 Å². The van der Waals surface area contributed by atoms with Gasteiger partial charge in [-0.05, 0) is 54.4 Å². The third-order valence-electron chi connectivity index (χ3n) is 3.73. The van der Waals surface area contributed by atoms with Crippen molar-refractivity contribution in [3.05, 3.63) is 52.8 Å². The molecule has 0 amide bonds. The lowest BCUT2D eigenvalue weighted by Crippen LogP contribution is -1.96. The highest BCUT2D eigenvalue weighted by Gasteiger charge is 2.12. The van der Waals surface area contributed by atoms with E-state index in [2.05, 4.69) is 27.4 Å². The third kappa shape index (κ3) is 3.81. The van der Waals surface area contributed by atoms with E-state index in [9.17, 15) is 0 Å². The van der Waals surface area contributed by atoms with Gasteiger partial charge in [0.05, 0.1) is 20.4 Å². The summed E-state index contributed by atoms with van der Waals surface area (Å²) < 4.78 is 12.6. The Morgan fingerprint density at radius 1 is 1.12 bits per heavy atom. The van der Waals surface area contributed by atoms with E-state index in [1.54, 1.807) is 36.9 Å². The standard InChI is InChI=1S/C18H18N4O2S2/c1-23-15-9-6-13(10-16(15)24-2)17-20-21-18(25)22(17)19-11-12-4-7-14(26-3)8-5-12/h4-11H,1-3H3,(H,21,25). The molecule has 0 aliphatic heterocycles. The maximum Gasteiger partial charge on any atom is 0.216 e. The lowest BCUT2D eigenvalue weighted by atomic mass is 10.2. The minimum Gasteiger partial charge on any atom is -0.493 e. The van der Waals surface area contributed by atoms with Crippen molar-refractivity contribution in [2.45, 2.75) is 4.90 Å². The van der Waals surface area contributed by atoms with Crippen LogP contribution < -0.4 is 9.47 Å². The molecule has 8 heteroatoms. The van der Waals surface area contributed by atoms with Crippen molar-refractivity contribution in [2.24, 2.45) is 5.10 Å². The van der Waals surface area contributed by atoms with Gasteiger partial charge in [-0.3, -0.25) is 0 Å². The molecule has 0 spiro atoms. The van der Waals surface area contributed by atoms with E-state index in [0.717, 1.165) is 11.1 Å². The molecule has 3 rings (SSSR count). The highest BCUT2D eigenvalue weighted by atomic mass is 32.2. The van der Waals surface area contributed by atoms with Crippen LogP contribution in [0.4, 0.5) is 0 Å². The molecule has 0 aliphatic carbocycles. The van der Waals surface area contributed by atoms with E-state index >= 15 is 0 Å². The molecule has 0 fully saturated rings. The first-order valence-corrected chi connectivity index (χ1v) is 9.37. The molecule has 0 bridgehead atoms. The highest BCUT2D eigenvalue weighted by Crippen LogP contribution is 2.31. The minimum atomic E-state index is 0.409. The highest BCUT2D eigenvalue weighted by molar-refractivity contribution is 7.98. The van der Waals surface area contributed by atoms with Gasteiger partial charge < -0.3 is 9.47 Å². The Labute approximate surface area is 160 Å². The summed E-state index contributed by atoms with van der Waals surface area (Å²) in [5.74, 6) is 1.85. The molecule has 26 heavy (non-hydrogen) atoms. The third-order valence-corrected chi connectivity index (χ3v) is 4.74. The maximum atomic E-state index is 5.36. The van der Waals surface area contributed by atoms with E-state index in [-0.39, 0.29) is 0 Å². The zero-order chi connectivity index (χ0) is 18.5. The Balaban J connectivity index is 1.96. The predicted molar refractivity (Wildman–Crippen MR) is 107 cm³/mol. The summed E-state index contributed by atoms with van der Waals surface area (Å²) in [6, 6.07) is 13.7. The zero-order valence-corrected chi connectivity index (χ0v) is 16.2. The second-order valence-electron chi connectivity index (χ2n) is 5.25. The van der Waals surface area contributed by atoms with Gasteiger partial charge in [-0.25, -0.2) is 5.10 Å². The maximum absolute atomic E-state index is 5.36. The van der Waals surface area contributed by atoms with E-state index in [4.69, 9.17) is 21.7 Å². The summed E-state index contributed by atoms with van der Waals surface area (Å²) in [5, 5.41) is 11.6. The van der Waals surface area contributed by atoms with Gasteiger partial charge in [-0.2, -0.15) is 14.9 Å². The molecule has 0 saturated carbocycles. The molecule has 134 valence electrons. The smallest absolute Gasteiger partial charge is 0.216 e. The van der Waals surface area contributed by atoms with Gasteiger partial charge in [-0.15, -0.1) is 11.8 Å². The van der Waals surface area contributed by atoms with E-state index in [1.165, 1.54) is 4.90 Å². The zero-order valence-electron chi connectivity index (χ0n) is 14.6. The number of H-pyrrole nitrogens is 1. The van der Waals surface area contributed by atoms with Crippen LogP contribution in [0.3, 0.4) is 0 Å². The van der Waals surface area contributed by atoms with Crippen molar-refractivity contribution >= 4 is 30.2 Å². The normalized spacial score (nSPS) is 11.0. The van der Waals surface area contributed by atoms with Crippen LogP contribution in [-0.4, -0.2) is 41.6 Å². The lowest BCUT2D eigenvalue weighted by Gasteiger charge is -2.09. The SMILES string of the molecule is COc1ccc(-c2n[nH]c(=S)n2N=Cc2ccc(SC)cc2)cc1OC. The van der Waals surface area contributed by atoms with Crippen molar-refractivity contribution < 1.29 is 9.47 Å². The van der Waals surface area contributed by atoms with Crippen molar-refractivity contribution in [1.29, 1.82) is 0 Å². The Hall–Kier alpha value is -2.58. The summed E-state index contributed by atoms with van der Waals surface area (Å²) >= 11 is 7.01. The first-order chi connectivity index (χ1) is 12.7. The number of ether oxygens (including phenoxy) is 2. The van der Waals surface area contributed by atoms with Gasteiger partial charge in [0.15, 0.2) is 17.3 Å². The van der Waals surface area contributed by atoms with Crippen LogP contribution in [0.2, 0.25) is 0 Å². The van der Waals surface area contributed by atoms with Crippen molar-refractivity contribution in [2.75, 3.05) is 20.5 Å². The fourth-order valence-electron chi connectivity index (χ4n) is 2.38. The number of aromatic nitrogens is 3. The first kappa shape index (κ1) is 18.2. The fourth-order valence-corrected chi connectivity index (χ4v) is 2.96. The average Bonchev–Trinajstić information content (AvgIpc) is 3.06. The molecule has 0 unspecified atom stereocenters. The molecule has 0 aliphatic rings. The molecule has 0 saturated heterocycles. The summed E-state index contributed by atoms with van der Waals surface area (Å²) in [6.45, 7) is 0. The van der Waals surface area contributed by atoms with Crippen molar-refractivity contribution in [3.63, 3.8) is 0 Å². The van der Waals surface area contributed by atoms with Gasteiger partial charge in [-0.1, -0.05) is 12.1 Å². The summed E-state index contributed by atoms with van der Waals surface area (Å²) in [5.41, 5.74) is 1.79. The van der Waals surface area contributed by atoms with E-state index in [1.807, 2.05) is 36.6 Å². The summed E-state index contributed by atoms with van der Waals surface area (Å²) in [7, 11) is 3.19. The molecule has 6 nitrogen and oxygen atoms in total. The Bertz CT molecular complexity index is 978. The number of hydrogen-bond donors (Lipinski definition) is 1. The number of thioether (sulfide) groups is 1. The molecule has 0 atom stereocenters. The number of rotatable bonds is 6. The average molecular weight is 387 g/mol. The van der Waals surface area contributed by atoms with Crippen molar-refractivity contribution in [3.8, 4) is 22.9 Å². The van der Waals surface area contributed by atoms with Crippen LogP contribution in [-0.2, 0) is 0 Å². The molecule has 3 aromatic rings. The van der Waals surface area contributed by atoms with Crippen molar-refractivity contribution in [1.82, 2.24) is 14.9 Å². The fraction of sp³-hybridized carbons (Fsp3) is 0.167. The van der Waals surface area contributed by atoms with Gasteiger partial charge in [0, 0.05) is 10.5 Å². The second kappa shape index (κ2) is 8.20. The molecular weight excluding hydrogens is 368 g/mol. The Morgan fingerprint density at radius 3 is 2.50 bits per heavy atom. The number of hydrogen-bond acceptors (Lipinski definition) is 6. The van der Waals surface area contributed by atoms with Gasteiger partial charge >= 0.3 is 0 Å². The number of nitrogens with zero attached hydrogens (tertiary/aromatic N) is 3. The minimum absolute atomic E-state index is 0.409. The van der Waals surface area contributed by atoms with Crippen LogP contribution in [0.1, 0.15) is 5.56 Å². The van der Waals surface area contributed by atoms with E-state index < -0.39 is 0 Å². The van der Waals surface area contributed by atoms with E-state index in [0.29, 0.717) is 22.1 Å². The van der Waals surface area contributed by atoms with Crippen LogP contribution in [0, 0.1) is 4.77 Å². The number of nitrogens with one attached hydrogen (secondary N) is 1. The Morgan fingerprint density at radius 2 is 1.85 bits per heavy atom. The Kier molecular flexibility index (Phi) is 5.75. The summed E-state index contributed by atoms with van der Waals surface area (Å²) in [4.78, 5) is 1.20. The molecule has 1 heterocycles. The largest absolute Gasteiger partial charge is 0.493 e. The molecule has 1 aromatic heterocycles. The molecular formula is C18H18N4O2S2. The predicted octanol–water partition coefficient (Wildman–Crippen LogP) is 4.23.